The Labute approximate surface area is 149 Å². The molecule has 0 aromatic carbocycles. The molecule has 0 bridgehead atoms. The van der Waals surface area contributed by atoms with Crippen LogP contribution >= 0.6 is 54.8 Å². The first-order valence-corrected chi connectivity index (χ1v) is 10.6. The smallest absolute Gasteiger partial charge is 0.107 e. The summed E-state index contributed by atoms with van der Waals surface area (Å²) in [5, 5.41) is 0. The monoisotopic (exact) mass is 442 g/mol. The minimum Gasteiger partial charge on any atom is -0.126 e. The van der Waals surface area contributed by atoms with Crippen molar-refractivity contribution in [2.45, 2.75) is 76.0 Å². The second-order valence-corrected chi connectivity index (χ2v) is 9.00. The van der Waals surface area contributed by atoms with E-state index in [0.717, 1.165) is 8.81 Å². The molecule has 0 aliphatic heterocycles. The van der Waals surface area contributed by atoms with Crippen LogP contribution in [0, 0.1) is 0 Å². The summed E-state index contributed by atoms with van der Waals surface area (Å²) in [4.78, 5) is 1.79. The summed E-state index contributed by atoms with van der Waals surface area (Å²) in [6.07, 6.45) is 13.7. The molecule has 0 spiro atoms. The fourth-order valence-corrected chi connectivity index (χ4v) is 4.78. The minimum absolute atomic E-state index is 0.459. The molecule has 4 heteroatoms. The van der Waals surface area contributed by atoms with E-state index in [2.05, 4.69) is 44.8 Å². The molecule has 0 saturated heterocycles. The second-order valence-electron chi connectivity index (χ2n) is 5.36. The molecule has 1 heterocycles. The van der Waals surface area contributed by atoms with Crippen LogP contribution in [0.3, 0.4) is 0 Å². The number of unbranched alkanes of at least 4 members (excludes halogenated alkanes) is 8. The molecule has 1 aromatic heterocycles. The van der Waals surface area contributed by atoms with Gasteiger partial charge in [-0.05, 0) is 28.4 Å². The quantitative estimate of drug-likeness (QED) is 0.237. The molecule has 0 aliphatic rings. The van der Waals surface area contributed by atoms with Gasteiger partial charge in [-0.3, -0.25) is 0 Å². The van der Waals surface area contributed by atoms with Gasteiger partial charge in [0, 0.05) is 14.2 Å². The maximum absolute atomic E-state index is 6.08. The van der Waals surface area contributed by atoms with E-state index in [1.165, 1.54) is 69.1 Å². The van der Waals surface area contributed by atoms with Gasteiger partial charge < -0.3 is 0 Å². The van der Waals surface area contributed by atoms with E-state index >= 15 is 0 Å². The molecule has 0 aliphatic carbocycles. The standard InChI is InChI=1S/C16H25Br2ClS/c1-2-3-4-5-6-7-8-9-10-11-13(17)15-12-14(18)16(19)20-15/h12-13H,2-11H2,1H3. The molecule has 1 unspecified atom stereocenters. The highest BCUT2D eigenvalue weighted by atomic mass is 79.9. The van der Waals surface area contributed by atoms with Crippen molar-refractivity contribution in [1.82, 2.24) is 0 Å². The Morgan fingerprint density at radius 3 is 2.10 bits per heavy atom. The van der Waals surface area contributed by atoms with Crippen LogP contribution in [0.15, 0.2) is 10.5 Å². The molecule has 0 nitrogen and oxygen atoms in total. The first kappa shape index (κ1) is 19.0. The molecule has 0 N–H and O–H groups in total. The van der Waals surface area contributed by atoms with Gasteiger partial charge in [-0.15, -0.1) is 11.3 Å². The van der Waals surface area contributed by atoms with Crippen LogP contribution in [0.4, 0.5) is 0 Å². The van der Waals surface area contributed by atoms with E-state index in [0.29, 0.717) is 4.83 Å². The van der Waals surface area contributed by atoms with E-state index in [9.17, 15) is 0 Å². The van der Waals surface area contributed by atoms with Crippen LogP contribution in [0.1, 0.15) is 80.8 Å². The molecular weight excluding hydrogens is 420 g/mol. The third kappa shape index (κ3) is 7.82. The van der Waals surface area contributed by atoms with E-state index in [-0.39, 0.29) is 0 Å². The predicted molar refractivity (Wildman–Crippen MR) is 101 cm³/mol. The van der Waals surface area contributed by atoms with Gasteiger partial charge >= 0.3 is 0 Å². The van der Waals surface area contributed by atoms with E-state index in [4.69, 9.17) is 11.6 Å². The Morgan fingerprint density at radius 1 is 1.05 bits per heavy atom. The van der Waals surface area contributed by atoms with Crippen LogP contribution in [0.25, 0.3) is 0 Å². The van der Waals surface area contributed by atoms with E-state index in [1.807, 2.05) is 0 Å². The van der Waals surface area contributed by atoms with Gasteiger partial charge in [0.05, 0.1) is 0 Å². The highest BCUT2D eigenvalue weighted by Crippen LogP contribution is 2.40. The zero-order chi connectivity index (χ0) is 14.8. The lowest BCUT2D eigenvalue weighted by Crippen LogP contribution is -1.87. The number of rotatable bonds is 11. The van der Waals surface area contributed by atoms with E-state index < -0.39 is 0 Å². The summed E-state index contributed by atoms with van der Waals surface area (Å²) in [7, 11) is 0. The third-order valence-electron chi connectivity index (χ3n) is 3.53. The fourth-order valence-electron chi connectivity index (χ4n) is 2.29. The number of alkyl halides is 1. The maximum Gasteiger partial charge on any atom is 0.107 e. The van der Waals surface area contributed by atoms with Gasteiger partial charge in [0.1, 0.15) is 4.34 Å². The van der Waals surface area contributed by atoms with Gasteiger partial charge in [-0.25, -0.2) is 0 Å². The summed E-state index contributed by atoms with van der Waals surface area (Å²) in [6.45, 7) is 2.27. The van der Waals surface area contributed by atoms with Crippen LogP contribution in [-0.4, -0.2) is 0 Å². The summed E-state index contributed by atoms with van der Waals surface area (Å²) >= 11 is 15.0. The van der Waals surface area contributed by atoms with Crippen molar-refractivity contribution in [2.24, 2.45) is 0 Å². The Bertz CT molecular complexity index is 346. The number of thiophene rings is 1. The fraction of sp³-hybridized carbons (Fsp3) is 0.750. The number of halogens is 3. The lowest BCUT2D eigenvalue weighted by atomic mass is 10.1. The van der Waals surface area contributed by atoms with Crippen molar-refractivity contribution in [3.63, 3.8) is 0 Å². The van der Waals surface area contributed by atoms with Gasteiger partial charge in [-0.1, -0.05) is 92.2 Å². The van der Waals surface area contributed by atoms with Crippen molar-refractivity contribution in [2.75, 3.05) is 0 Å². The predicted octanol–water partition coefficient (Wildman–Crippen LogP) is 8.52. The highest BCUT2D eigenvalue weighted by molar-refractivity contribution is 9.10. The minimum atomic E-state index is 0.459. The Morgan fingerprint density at radius 2 is 1.60 bits per heavy atom. The molecule has 1 rings (SSSR count). The summed E-state index contributed by atoms with van der Waals surface area (Å²) in [6, 6.07) is 2.14. The summed E-state index contributed by atoms with van der Waals surface area (Å²) in [5.74, 6) is 0. The number of hydrogen-bond acceptors (Lipinski definition) is 1. The first-order valence-electron chi connectivity index (χ1n) is 7.74. The van der Waals surface area contributed by atoms with Crippen LogP contribution < -0.4 is 0 Å². The SMILES string of the molecule is CCCCCCCCCCCC(Br)c1cc(Br)c(Cl)s1. The molecule has 1 aromatic rings. The lowest BCUT2D eigenvalue weighted by molar-refractivity contribution is 0.556. The van der Waals surface area contributed by atoms with Crippen molar-refractivity contribution >= 4 is 54.8 Å². The third-order valence-corrected chi connectivity index (χ3v) is 7.38. The Balaban J connectivity index is 2.01. The van der Waals surface area contributed by atoms with E-state index in [1.54, 1.807) is 11.3 Å². The summed E-state index contributed by atoms with van der Waals surface area (Å²) < 4.78 is 1.88. The lowest BCUT2D eigenvalue weighted by Gasteiger charge is -2.07. The average Bonchev–Trinajstić information content (AvgIpc) is 2.77. The Kier molecular flexibility index (Phi) is 10.9. The molecule has 0 radical (unpaired) electrons. The molecule has 20 heavy (non-hydrogen) atoms. The van der Waals surface area contributed by atoms with Gasteiger partial charge in [0.15, 0.2) is 0 Å². The topological polar surface area (TPSA) is 0 Å². The van der Waals surface area contributed by atoms with Crippen LogP contribution in [0.2, 0.25) is 4.34 Å². The molecule has 0 fully saturated rings. The molecule has 0 saturated carbocycles. The van der Waals surface area contributed by atoms with Crippen LogP contribution in [-0.2, 0) is 0 Å². The molecule has 1 atom stereocenters. The van der Waals surface area contributed by atoms with Crippen LogP contribution in [0.5, 0.6) is 0 Å². The second kappa shape index (κ2) is 11.5. The summed E-state index contributed by atoms with van der Waals surface area (Å²) in [5.41, 5.74) is 0. The maximum atomic E-state index is 6.08. The number of hydrogen-bond donors (Lipinski definition) is 0. The van der Waals surface area contributed by atoms with Gasteiger partial charge in [-0.2, -0.15) is 0 Å². The van der Waals surface area contributed by atoms with Crippen molar-refractivity contribution in [3.8, 4) is 0 Å². The highest BCUT2D eigenvalue weighted by Gasteiger charge is 2.12. The molecule has 116 valence electrons. The zero-order valence-electron chi connectivity index (χ0n) is 12.3. The van der Waals surface area contributed by atoms with Gasteiger partial charge in [0.25, 0.3) is 0 Å². The van der Waals surface area contributed by atoms with Crippen molar-refractivity contribution in [3.05, 3.63) is 19.8 Å². The largest absolute Gasteiger partial charge is 0.126 e. The average molecular weight is 445 g/mol. The van der Waals surface area contributed by atoms with Gasteiger partial charge in [0.2, 0.25) is 0 Å². The van der Waals surface area contributed by atoms with Crippen molar-refractivity contribution in [1.29, 1.82) is 0 Å². The molecular formula is C16H25Br2ClS. The molecule has 0 amide bonds. The normalized spacial score (nSPS) is 12.8. The Hall–Kier alpha value is 0.950. The zero-order valence-corrected chi connectivity index (χ0v) is 17.0. The van der Waals surface area contributed by atoms with Crippen molar-refractivity contribution < 1.29 is 0 Å². The first-order chi connectivity index (χ1) is 9.65.